The Morgan fingerprint density at radius 1 is 0.773 bits per heavy atom. The maximum Gasteiger partial charge on any atom is 0.170 e. The summed E-state index contributed by atoms with van der Waals surface area (Å²) in [4.78, 5) is 9.52. The van der Waals surface area contributed by atoms with Gasteiger partial charge < -0.3 is 15.7 Å². The zero-order valence-electron chi connectivity index (χ0n) is 12.6. The van der Waals surface area contributed by atoms with Crippen molar-refractivity contribution in [3.05, 3.63) is 24.3 Å². The summed E-state index contributed by atoms with van der Waals surface area (Å²) in [5, 5.41) is 16.7. The van der Waals surface area contributed by atoms with E-state index in [0.29, 0.717) is 12.1 Å². The maximum absolute atomic E-state index is 9.65. The number of aromatic nitrogens is 2. The van der Waals surface area contributed by atoms with Gasteiger partial charge in [-0.15, -0.1) is 0 Å². The van der Waals surface area contributed by atoms with Gasteiger partial charge in [-0.3, -0.25) is 0 Å². The number of hydrogen-bond acceptors (Lipinski definition) is 5. The van der Waals surface area contributed by atoms with E-state index in [4.69, 9.17) is 9.97 Å². The lowest BCUT2D eigenvalue weighted by Gasteiger charge is -2.27. The van der Waals surface area contributed by atoms with E-state index in [1.54, 1.807) is 0 Å². The van der Waals surface area contributed by atoms with Gasteiger partial charge >= 0.3 is 0 Å². The second-order valence-electron chi connectivity index (χ2n) is 6.48. The molecule has 4 rings (SSSR count). The summed E-state index contributed by atoms with van der Waals surface area (Å²) < 4.78 is 0. The highest BCUT2D eigenvalue weighted by Gasteiger charge is 2.25. The average molecular weight is 298 g/mol. The number of rotatable bonds is 4. The van der Waals surface area contributed by atoms with E-state index in [9.17, 15) is 5.11 Å². The van der Waals surface area contributed by atoms with Crippen LogP contribution in [0.1, 0.15) is 38.5 Å². The normalized spacial score (nSPS) is 25.1. The number of fused-ring (bicyclic) bond motifs is 1. The summed E-state index contributed by atoms with van der Waals surface area (Å²) in [7, 11) is 0. The molecule has 0 aliphatic heterocycles. The highest BCUT2D eigenvalue weighted by Crippen LogP contribution is 2.30. The molecule has 0 saturated heterocycles. The van der Waals surface area contributed by atoms with E-state index in [2.05, 4.69) is 10.6 Å². The van der Waals surface area contributed by atoms with Crippen molar-refractivity contribution in [3.8, 4) is 0 Å². The van der Waals surface area contributed by atoms with Crippen molar-refractivity contribution in [2.45, 2.75) is 56.7 Å². The molecule has 22 heavy (non-hydrogen) atoms. The molecule has 5 nitrogen and oxygen atoms in total. The highest BCUT2D eigenvalue weighted by atomic mass is 16.3. The van der Waals surface area contributed by atoms with Crippen molar-refractivity contribution in [1.82, 2.24) is 9.97 Å². The van der Waals surface area contributed by atoms with Crippen molar-refractivity contribution in [2.24, 2.45) is 0 Å². The van der Waals surface area contributed by atoms with E-state index in [1.165, 1.54) is 12.8 Å². The summed E-state index contributed by atoms with van der Waals surface area (Å²) >= 11 is 0. The Bertz CT molecular complexity index is 663. The molecule has 3 N–H and O–H groups in total. The molecule has 2 aromatic rings. The largest absolute Gasteiger partial charge is 0.393 e. The van der Waals surface area contributed by atoms with Crippen molar-refractivity contribution in [2.75, 3.05) is 10.6 Å². The predicted molar refractivity (Wildman–Crippen MR) is 88.1 cm³/mol. The van der Waals surface area contributed by atoms with Crippen LogP contribution in [0, 0.1) is 0 Å². The van der Waals surface area contributed by atoms with Crippen LogP contribution < -0.4 is 10.6 Å². The van der Waals surface area contributed by atoms with Gasteiger partial charge in [0.1, 0.15) is 0 Å². The Hall–Kier alpha value is -1.88. The Labute approximate surface area is 130 Å². The van der Waals surface area contributed by atoms with Crippen LogP contribution in [0.25, 0.3) is 11.0 Å². The van der Waals surface area contributed by atoms with E-state index in [-0.39, 0.29) is 6.10 Å². The first kappa shape index (κ1) is 13.8. The smallest absolute Gasteiger partial charge is 0.170 e. The molecule has 1 heterocycles. The lowest BCUT2D eigenvalue weighted by Crippen LogP contribution is -2.29. The van der Waals surface area contributed by atoms with Gasteiger partial charge in [0.25, 0.3) is 0 Å². The fraction of sp³-hybridized carbons (Fsp3) is 0.529. The molecule has 1 aromatic heterocycles. The van der Waals surface area contributed by atoms with Crippen LogP contribution in [0.3, 0.4) is 0 Å². The summed E-state index contributed by atoms with van der Waals surface area (Å²) in [6.45, 7) is 0. The number of hydrogen-bond donors (Lipinski definition) is 3. The molecule has 5 heteroatoms. The molecule has 116 valence electrons. The monoisotopic (exact) mass is 298 g/mol. The number of nitrogens with zero attached hydrogens (tertiary/aromatic N) is 2. The molecule has 2 fully saturated rings. The SMILES string of the molecule is OC1CCC(Nc2nc3ccccc3nc2NC2CC2)CC1. The fourth-order valence-electron chi connectivity index (χ4n) is 3.04. The lowest BCUT2D eigenvalue weighted by atomic mass is 9.93. The molecule has 0 spiro atoms. The summed E-state index contributed by atoms with van der Waals surface area (Å²) in [6.07, 6.45) is 5.99. The minimum absolute atomic E-state index is 0.134. The minimum atomic E-state index is -0.134. The average Bonchev–Trinajstić information content (AvgIpc) is 3.34. The summed E-state index contributed by atoms with van der Waals surface area (Å²) in [5.41, 5.74) is 1.84. The van der Waals surface area contributed by atoms with Gasteiger partial charge in [0.2, 0.25) is 0 Å². The maximum atomic E-state index is 9.65. The van der Waals surface area contributed by atoms with E-state index < -0.39 is 0 Å². The molecule has 1 aromatic carbocycles. The number of anilines is 2. The Morgan fingerprint density at radius 2 is 1.23 bits per heavy atom. The first-order valence-electron chi connectivity index (χ1n) is 8.26. The summed E-state index contributed by atoms with van der Waals surface area (Å²) in [5.74, 6) is 1.72. The number of benzene rings is 1. The van der Waals surface area contributed by atoms with Crippen LogP contribution in [0.5, 0.6) is 0 Å². The molecule has 2 aliphatic rings. The van der Waals surface area contributed by atoms with Gasteiger partial charge in [-0.05, 0) is 50.7 Å². The second-order valence-corrected chi connectivity index (χ2v) is 6.48. The summed E-state index contributed by atoms with van der Waals surface area (Å²) in [6, 6.07) is 8.90. The third kappa shape index (κ3) is 2.99. The second kappa shape index (κ2) is 5.72. The van der Waals surface area contributed by atoms with E-state index in [1.807, 2.05) is 24.3 Å². The molecule has 0 bridgehead atoms. The number of aliphatic hydroxyl groups is 1. The molecule has 2 saturated carbocycles. The molecule has 0 unspecified atom stereocenters. The van der Waals surface area contributed by atoms with Crippen LogP contribution >= 0.6 is 0 Å². The van der Waals surface area contributed by atoms with Gasteiger partial charge in [0.05, 0.1) is 17.1 Å². The predicted octanol–water partition coefficient (Wildman–Crippen LogP) is 2.92. The quantitative estimate of drug-likeness (QED) is 0.809. The number of aliphatic hydroxyl groups excluding tert-OH is 1. The van der Waals surface area contributed by atoms with Crippen LogP contribution in [-0.2, 0) is 0 Å². The van der Waals surface area contributed by atoms with Crippen LogP contribution in [0.15, 0.2) is 24.3 Å². The van der Waals surface area contributed by atoms with E-state index >= 15 is 0 Å². The van der Waals surface area contributed by atoms with Crippen molar-refractivity contribution in [3.63, 3.8) is 0 Å². The molecular weight excluding hydrogens is 276 g/mol. The third-order valence-electron chi connectivity index (χ3n) is 4.53. The first-order valence-corrected chi connectivity index (χ1v) is 8.26. The zero-order chi connectivity index (χ0) is 14.9. The third-order valence-corrected chi connectivity index (χ3v) is 4.53. The van der Waals surface area contributed by atoms with Gasteiger partial charge in [0.15, 0.2) is 11.6 Å². The van der Waals surface area contributed by atoms with Gasteiger partial charge in [-0.25, -0.2) is 9.97 Å². The Kier molecular flexibility index (Phi) is 3.58. The Balaban J connectivity index is 1.61. The lowest BCUT2D eigenvalue weighted by molar-refractivity contribution is 0.126. The Morgan fingerprint density at radius 3 is 1.68 bits per heavy atom. The van der Waals surface area contributed by atoms with Crippen molar-refractivity contribution >= 4 is 22.7 Å². The van der Waals surface area contributed by atoms with Gasteiger partial charge in [0, 0.05) is 12.1 Å². The molecule has 0 radical (unpaired) electrons. The number of nitrogens with one attached hydrogen (secondary N) is 2. The molecule has 0 atom stereocenters. The van der Waals surface area contributed by atoms with Crippen molar-refractivity contribution < 1.29 is 5.11 Å². The van der Waals surface area contributed by atoms with Crippen LogP contribution in [0.2, 0.25) is 0 Å². The number of para-hydroxylation sites is 2. The van der Waals surface area contributed by atoms with Crippen LogP contribution in [0.4, 0.5) is 11.6 Å². The van der Waals surface area contributed by atoms with E-state index in [0.717, 1.165) is 48.4 Å². The first-order chi connectivity index (χ1) is 10.8. The zero-order valence-corrected chi connectivity index (χ0v) is 12.6. The van der Waals surface area contributed by atoms with Gasteiger partial charge in [-0.2, -0.15) is 0 Å². The highest BCUT2D eigenvalue weighted by molar-refractivity contribution is 5.80. The van der Waals surface area contributed by atoms with Gasteiger partial charge in [-0.1, -0.05) is 12.1 Å². The molecule has 2 aliphatic carbocycles. The fourth-order valence-corrected chi connectivity index (χ4v) is 3.04. The van der Waals surface area contributed by atoms with Crippen molar-refractivity contribution in [1.29, 1.82) is 0 Å². The standard InChI is InChI=1S/C17H22N4O/c22-13-9-7-12(8-10-13)19-17-16(18-11-5-6-11)20-14-3-1-2-4-15(14)21-17/h1-4,11-13,22H,5-10H2,(H,18,20)(H,19,21). The van der Waals surface area contributed by atoms with Crippen LogP contribution in [-0.4, -0.2) is 33.3 Å². The minimum Gasteiger partial charge on any atom is -0.393 e. The molecular formula is C17H22N4O. The molecule has 0 amide bonds. The topological polar surface area (TPSA) is 70.1 Å².